The van der Waals surface area contributed by atoms with E-state index in [-0.39, 0.29) is 11.5 Å². The van der Waals surface area contributed by atoms with Crippen LogP contribution in [0.4, 0.5) is 0 Å². The van der Waals surface area contributed by atoms with Crippen molar-refractivity contribution in [3.8, 4) is 5.75 Å². The van der Waals surface area contributed by atoms with E-state index in [0.717, 1.165) is 11.1 Å². The van der Waals surface area contributed by atoms with Crippen LogP contribution < -0.4 is 5.32 Å². The molecule has 3 nitrogen and oxygen atoms in total. The molecule has 0 aliphatic rings. The number of hydrogen-bond donors (Lipinski definition) is 2. The monoisotopic (exact) mass is 193 g/mol. The average Bonchev–Trinajstić information content (AvgIpc) is 2.15. The Hall–Kier alpha value is -1.35. The van der Waals surface area contributed by atoms with E-state index in [2.05, 4.69) is 5.32 Å². The van der Waals surface area contributed by atoms with Crippen LogP contribution in [-0.2, 0) is 0 Å². The molecule has 0 saturated carbocycles. The van der Waals surface area contributed by atoms with Crippen LogP contribution in [0.1, 0.15) is 21.5 Å². The van der Waals surface area contributed by atoms with Gasteiger partial charge in [-0.1, -0.05) is 0 Å². The smallest absolute Gasteiger partial charge is 0.176 e. The number of hydrogen-bond acceptors (Lipinski definition) is 3. The number of nitrogens with one attached hydrogen (secondary N) is 1. The number of aromatic hydroxyl groups is 1. The third-order valence-corrected chi connectivity index (χ3v) is 2.40. The molecule has 0 radical (unpaired) electrons. The van der Waals surface area contributed by atoms with Crippen molar-refractivity contribution < 1.29 is 9.90 Å². The standard InChI is InChI=1S/C11H15NO2/c1-7-8(2)10(13)5-4-9(7)11(14)6-12-3/h4-5,12-13H,6H2,1-3H3. The molecule has 0 aliphatic heterocycles. The van der Waals surface area contributed by atoms with Gasteiger partial charge in [0.2, 0.25) is 0 Å². The van der Waals surface area contributed by atoms with Crippen molar-refractivity contribution in [1.29, 1.82) is 0 Å². The van der Waals surface area contributed by atoms with Gasteiger partial charge in [0.25, 0.3) is 0 Å². The quantitative estimate of drug-likeness (QED) is 0.713. The van der Waals surface area contributed by atoms with Crippen molar-refractivity contribution >= 4 is 5.78 Å². The fourth-order valence-electron chi connectivity index (χ4n) is 1.36. The minimum atomic E-state index is 0.0492. The molecule has 1 aromatic rings. The van der Waals surface area contributed by atoms with Crippen LogP contribution in [0.15, 0.2) is 12.1 Å². The summed E-state index contributed by atoms with van der Waals surface area (Å²) in [4.78, 5) is 11.6. The summed E-state index contributed by atoms with van der Waals surface area (Å²) in [6.07, 6.45) is 0. The zero-order chi connectivity index (χ0) is 10.7. The number of Topliss-reactive ketones (excluding diaryl/α,β-unsaturated/α-hetero) is 1. The van der Waals surface area contributed by atoms with Gasteiger partial charge in [-0.05, 0) is 44.2 Å². The molecular weight excluding hydrogens is 178 g/mol. The molecular formula is C11H15NO2. The summed E-state index contributed by atoms with van der Waals surface area (Å²) in [6, 6.07) is 3.22. The third kappa shape index (κ3) is 1.93. The van der Waals surface area contributed by atoms with E-state index in [1.807, 2.05) is 6.92 Å². The number of benzene rings is 1. The number of phenols is 1. The van der Waals surface area contributed by atoms with Gasteiger partial charge >= 0.3 is 0 Å². The van der Waals surface area contributed by atoms with E-state index >= 15 is 0 Å². The Morgan fingerprint density at radius 2 is 2.00 bits per heavy atom. The Morgan fingerprint density at radius 3 is 2.57 bits per heavy atom. The molecule has 0 heterocycles. The molecule has 1 aromatic carbocycles. The number of ketones is 1. The molecule has 14 heavy (non-hydrogen) atoms. The largest absolute Gasteiger partial charge is 0.508 e. The van der Waals surface area contributed by atoms with Gasteiger partial charge in [-0.3, -0.25) is 4.79 Å². The number of carbonyl (C=O) groups excluding carboxylic acids is 1. The maximum atomic E-state index is 11.6. The van der Waals surface area contributed by atoms with E-state index < -0.39 is 0 Å². The minimum Gasteiger partial charge on any atom is -0.508 e. The van der Waals surface area contributed by atoms with Gasteiger partial charge in [-0.25, -0.2) is 0 Å². The molecule has 2 N–H and O–H groups in total. The van der Waals surface area contributed by atoms with Gasteiger partial charge < -0.3 is 10.4 Å². The van der Waals surface area contributed by atoms with Crippen LogP contribution in [0.3, 0.4) is 0 Å². The fraction of sp³-hybridized carbons (Fsp3) is 0.364. The summed E-state index contributed by atoms with van der Waals surface area (Å²) < 4.78 is 0. The van der Waals surface area contributed by atoms with E-state index in [9.17, 15) is 9.90 Å². The van der Waals surface area contributed by atoms with Crippen LogP contribution in [0.5, 0.6) is 5.75 Å². The van der Waals surface area contributed by atoms with Crippen molar-refractivity contribution in [3.05, 3.63) is 28.8 Å². The predicted octanol–water partition coefficient (Wildman–Crippen LogP) is 1.41. The molecule has 0 bridgehead atoms. The third-order valence-electron chi connectivity index (χ3n) is 2.40. The Balaban J connectivity index is 3.11. The van der Waals surface area contributed by atoms with Gasteiger partial charge in [0.1, 0.15) is 5.75 Å². The van der Waals surface area contributed by atoms with Gasteiger partial charge in [0.15, 0.2) is 5.78 Å². The second-order valence-corrected chi connectivity index (χ2v) is 3.34. The molecule has 1 rings (SSSR count). The number of likely N-dealkylation sites (N-methyl/N-ethyl adjacent to an activating group) is 1. The van der Waals surface area contributed by atoms with E-state index in [1.54, 1.807) is 26.1 Å². The summed E-state index contributed by atoms with van der Waals surface area (Å²) in [7, 11) is 1.74. The van der Waals surface area contributed by atoms with E-state index in [1.165, 1.54) is 0 Å². The second kappa shape index (κ2) is 4.24. The molecule has 3 heteroatoms. The highest BCUT2D eigenvalue weighted by molar-refractivity contribution is 5.99. The fourth-order valence-corrected chi connectivity index (χ4v) is 1.36. The van der Waals surface area contributed by atoms with Crippen molar-refractivity contribution in [2.24, 2.45) is 0 Å². The molecule has 0 atom stereocenters. The van der Waals surface area contributed by atoms with E-state index in [0.29, 0.717) is 12.1 Å². The second-order valence-electron chi connectivity index (χ2n) is 3.34. The van der Waals surface area contributed by atoms with Gasteiger partial charge in [-0.15, -0.1) is 0 Å². The maximum Gasteiger partial charge on any atom is 0.176 e. The summed E-state index contributed by atoms with van der Waals surface area (Å²) in [5.74, 6) is 0.289. The Labute approximate surface area is 83.8 Å². The molecule has 0 aliphatic carbocycles. The van der Waals surface area contributed by atoms with Gasteiger partial charge in [0, 0.05) is 5.56 Å². The highest BCUT2D eigenvalue weighted by atomic mass is 16.3. The Kier molecular flexibility index (Phi) is 3.25. The molecule has 0 amide bonds. The lowest BCUT2D eigenvalue weighted by Crippen LogP contribution is -2.19. The SMILES string of the molecule is CNCC(=O)c1ccc(O)c(C)c1C. The van der Waals surface area contributed by atoms with Crippen LogP contribution >= 0.6 is 0 Å². The van der Waals surface area contributed by atoms with E-state index in [4.69, 9.17) is 0 Å². The van der Waals surface area contributed by atoms with Crippen molar-refractivity contribution in [1.82, 2.24) is 5.32 Å². The summed E-state index contributed by atoms with van der Waals surface area (Å²) in [5, 5.41) is 12.2. The highest BCUT2D eigenvalue weighted by Gasteiger charge is 2.11. The van der Waals surface area contributed by atoms with Crippen LogP contribution in [0.25, 0.3) is 0 Å². The van der Waals surface area contributed by atoms with Crippen molar-refractivity contribution in [2.45, 2.75) is 13.8 Å². The Bertz CT molecular complexity index is 359. The molecule has 0 spiro atoms. The lowest BCUT2D eigenvalue weighted by molar-refractivity contribution is 0.0993. The lowest BCUT2D eigenvalue weighted by atomic mass is 9.99. The number of rotatable bonds is 3. The van der Waals surface area contributed by atoms with Crippen molar-refractivity contribution in [2.75, 3.05) is 13.6 Å². The lowest BCUT2D eigenvalue weighted by Gasteiger charge is -2.08. The molecule has 0 saturated heterocycles. The van der Waals surface area contributed by atoms with Gasteiger partial charge in [-0.2, -0.15) is 0 Å². The Morgan fingerprint density at radius 1 is 1.36 bits per heavy atom. The highest BCUT2D eigenvalue weighted by Crippen LogP contribution is 2.22. The zero-order valence-electron chi connectivity index (χ0n) is 8.72. The van der Waals surface area contributed by atoms with Crippen LogP contribution in [-0.4, -0.2) is 24.5 Å². The first kappa shape index (κ1) is 10.7. The first-order valence-electron chi connectivity index (χ1n) is 4.55. The van der Waals surface area contributed by atoms with Crippen LogP contribution in [0.2, 0.25) is 0 Å². The maximum absolute atomic E-state index is 11.6. The first-order valence-corrected chi connectivity index (χ1v) is 4.55. The zero-order valence-corrected chi connectivity index (χ0v) is 8.72. The van der Waals surface area contributed by atoms with Gasteiger partial charge in [0.05, 0.1) is 6.54 Å². The average molecular weight is 193 g/mol. The molecule has 76 valence electrons. The van der Waals surface area contributed by atoms with Crippen molar-refractivity contribution in [3.63, 3.8) is 0 Å². The number of carbonyl (C=O) groups is 1. The molecule has 0 unspecified atom stereocenters. The predicted molar refractivity (Wildman–Crippen MR) is 55.8 cm³/mol. The summed E-state index contributed by atoms with van der Waals surface area (Å²) >= 11 is 0. The summed E-state index contributed by atoms with van der Waals surface area (Å²) in [6.45, 7) is 3.98. The molecule has 0 aromatic heterocycles. The first-order chi connectivity index (χ1) is 6.57. The topological polar surface area (TPSA) is 49.3 Å². The molecule has 0 fully saturated rings. The normalized spacial score (nSPS) is 10.2. The summed E-state index contributed by atoms with van der Waals surface area (Å²) in [5.41, 5.74) is 2.30. The minimum absolute atomic E-state index is 0.0492. The van der Waals surface area contributed by atoms with Crippen LogP contribution in [0, 0.1) is 13.8 Å². The number of phenolic OH excluding ortho intramolecular Hbond substituents is 1.